The van der Waals surface area contributed by atoms with Crippen LogP contribution in [-0.2, 0) is 14.3 Å². The highest BCUT2D eigenvalue weighted by Gasteiger charge is 2.16. The van der Waals surface area contributed by atoms with Gasteiger partial charge >= 0.3 is 0 Å². The molecule has 1 rings (SSSR count). The Balaban J connectivity index is 2.47. The van der Waals surface area contributed by atoms with E-state index < -0.39 is 0 Å². The second-order valence-corrected chi connectivity index (χ2v) is 4.06. The molecule has 19 heavy (non-hydrogen) atoms. The summed E-state index contributed by atoms with van der Waals surface area (Å²) in [5.74, 6) is 0.724. The van der Waals surface area contributed by atoms with Crippen molar-refractivity contribution in [3.05, 3.63) is 11.8 Å². The van der Waals surface area contributed by atoms with Gasteiger partial charge < -0.3 is 14.6 Å². The standard InChI is InChI=1S/C12H19N3O4/c1-9-8-11(14-19-9)15(10(2)16)6-4-12(17)13-5-7-18-3/h8H,4-7H2,1-3H3,(H,13,17). The van der Waals surface area contributed by atoms with E-state index in [0.717, 1.165) is 0 Å². The van der Waals surface area contributed by atoms with E-state index in [0.29, 0.717) is 24.7 Å². The van der Waals surface area contributed by atoms with E-state index in [4.69, 9.17) is 9.26 Å². The third-order valence-electron chi connectivity index (χ3n) is 2.46. The van der Waals surface area contributed by atoms with Crippen molar-refractivity contribution in [2.24, 2.45) is 0 Å². The highest BCUT2D eigenvalue weighted by atomic mass is 16.5. The van der Waals surface area contributed by atoms with E-state index in [1.165, 1.54) is 11.8 Å². The Bertz CT molecular complexity index is 430. The number of anilines is 1. The van der Waals surface area contributed by atoms with Gasteiger partial charge in [0.1, 0.15) is 5.76 Å². The number of nitrogens with zero attached hydrogens (tertiary/aromatic N) is 2. The van der Waals surface area contributed by atoms with Gasteiger partial charge in [0.15, 0.2) is 5.82 Å². The Hall–Kier alpha value is -1.89. The summed E-state index contributed by atoms with van der Waals surface area (Å²) >= 11 is 0. The molecule has 0 aromatic carbocycles. The number of aryl methyl sites for hydroxylation is 1. The second kappa shape index (κ2) is 7.52. The van der Waals surface area contributed by atoms with Crippen LogP contribution >= 0.6 is 0 Å². The minimum atomic E-state index is -0.182. The van der Waals surface area contributed by atoms with Crippen LogP contribution in [0.1, 0.15) is 19.1 Å². The van der Waals surface area contributed by atoms with E-state index >= 15 is 0 Å². The summed E-state index contributed by atoms with van der Waals surface area (Å²) in [4.78, 5) is 24.5. The summed E-state index contributed by atoms with van der Waals surface area (Å²) < 4.78 is 9.75. The molecule has 1 N–H and O–H groups in total. The highest BCUT2D eigenvalue weighted by molar-refractivity contribution is 5.91. The molecule has 0 spiro atoms. The first-order valence-corrected chi connectivity index (χ1v) is 6.01. The minimum Gasteiger partial charge on any atom is -0.383 e. The zero-order chi connectivity index (χ0) is 14.3. The normalized spacial score (nSPS) is 10.3. The predicted molar refractivity (Wildman–Crippen MR) is 68.8 cm³/mol. The van der Waals surface area contributed by atoms with Gasteiger partial charge in [0, 0.05) is 39.6 Å². The van der Waals surface area contributed by atoms with Crippen molar-refractivity contribution in [1.29, 1.82) is 0 Å². The van der Waals surface area contributed by atoms with Crippen molar-refractivity contribution in [2.45, 2.75) is 20.3 Å². The van der Waals surface area contributed by atoms with E-state index in [1.807, 2.05) is 0 Å². The molecule has 0 saturated heterocycles. The van der Waals surface area contributed by atoms with Crippen molar-refractivity contribution in [1.82, 2.24) is 10.5 Å². The lowest BCUT2D eigenvalue weighted by molar-refractivity contribution is -0.121. The third-order valence-corrected chi connectivity index (χ3v) is 2.46. The van der Waals surface area contributed by atoms with Crippen molar-refractivity contribution in [2.75, 3.05) is 31.7 Å². The average Bonchev–Trinajstić information content (AvgIpc) is 2.76. The van der Waals surface area contributed by atoms with Crippen LogP contribution in [0.2, 0.25) is 0 Å². The maximum absolute atomic E-state index is 11.5. The maximum Gasteiger partial charge on any atom is 0.225 e. The van der Waals surface area contributed by atoms with Gasteiger partial charge in [-0.2, -0.15) is 0 Å². The number of hydrogen-bond donors (Lipinski definition) is 1. The zero-order valence-electron chi connectivity index (χ0n) is 11.4. The highest BCUT2D eigenvalue weighted by Crippen LogP contribution is 2.14. The molecule has 2 amide bonds. The monoisotopic (exact) mass is 269 g/mol. The summed E-state index contributed by atoms with van der Waals surface area (Å²) in [6.45, 7) is 4.35. The Morgan fingerprint density at radius 1 is 1.53 bits per heavy atom. The van der Waals surface area contributed by atoms with Crippen LogP contribution in [0.3, 0.4) is 0 Å². The van der Waals surface area contributed by atoms with E-state index in [1.54, 1.807) is 20.1 Å². The van der Waals surface area contributed by atoms with Gasteiger partial charge in [-0.1, -0.05) is 5.16 Å². The lowest BCUT2D eigenvalue weighted by Crippen LogP contribution is -2.35. The molecule has 0 fully saturated rings. The van der Waals surface area contributed by atoms with Gasteiger partial charge in [-0.3, -0.25) is 14.5 Å². The molecule has 0 aliphatic rings. The van der Waals surface area contributed by atoms with Crippen LogP contribution in [0.5, 0.6) is 0 Å². The van der Waals surface area contributed by atoms with Gasteiger partial charge in [0.25, 0.3) is 0 Å². The number of carbonyl (C=O) groups excluding carboxylic acids is 2. The first-order valence-electron chi connectivity index (χ1n) is 6.01. The zero-order valence-corrected chi connectivity index (χ0v) is 11.4. The lowest BCUT2D eigenvalue weighted by Gasteiger charge is -2.17. The number of aromatic nitrogens is 1. The largest absolute Gasteiger partial charge is 0.383 e. The number of nitrogens with one attached hydrogen (secondary N) is 1. The summed E-state index contributed by atoms with van der Waals surface area (Å²) in [6, 6.07) is 1.66. The van der Waals surface area contributed by atoms with Crippen LogP contribution in [-0.4, -0.2) is 43.8 Å². The molecule has 0 atom stereocenters. The Morgan fingerprint density at radius 3 is 2.79 bits per heavy atom. The Morgan fingerprint density at radius 2 is 2.26 bits per heavy atom. The number of amides is 2. The molecule has 0 aliphatic carbocycles. The number of rotatable bonds is 7. The molecule has 0 radical (unpaired) electrons. The molecular weight excluding hydrogens is 250 g/mol. The Labute approximate surface area is 111 Å². The molecule has 1 aromatic heterocycles. The average molecular weight is 269 g/mol. The van der Waals surface area contributed by atoms with Gasteiger partial charge in [-0.15, -0.1) is 0 Å². The number of ether oxygens (including phenoxy) is 1. The SMILES string of the molecule is COCCNC(=O)CCN(C(C)=O)c1cc(C)on1. The van der Waals surface area contributed by atoms with Gasteiger partial charge in [-0.05, 0) is 6.92 Å². The summed E-state index contributed by atoms with van der Waals surface area (Å²) in [5.41, 5.74) is 0. The molecule has 7 nitrogen and oxygen atoms in total. The quantitative estimate of drug-likeness (QED) is 0.728. The molecule has 0 unspecified atom stereocenters. The maximum atomic E-state index is 11.5. The molecule has 106 valence electrons. The molecule has 1 aromatic rings. The van der Waals surface area contributed by atoms with Crippen molar-refractivity contribution in [3.63, 3.8) is 0 Å². The van der Waals surface area contributed by atoms with Crippen LogP contribution < -0.4 is 10.2 Å². The summed E-state index contributed by atoms with van der Waals surface area (Å²) in [5, 5.41) is 6.46. The lowest BCUT2D eigenvalue weighted by atomic mass is 10.3. The molecule has 0 bridgehead atoms. The molecule has 0 aliphatic heterocycles. The first-order chi connectivity index (χ1) is 9.04. The van der Waals surface area contributed by atoms with E-state index in [9.17, 15) is 9.59 Å². The van der Waals surface area contributed by atoms with E-state index in [-0.39, 0.29) is 24.8 Å². The predicted octanol–water partition coefficient (Wildman–Crippen LogP) is 0.489. The topological polar surface area (TPSA) is 84.7 Å². The molecule has 0 saturated carbocycles. The smallest absolute Gasteiger partial charge is 0.225 e. The fourth-order valence-electron chi connectivity index (χ4n) is 1.51. The van der Waals surface area contributed by atoms with Gasteiger partial charge in [-0.25, -0.2) is 0 Å². The Kier molecular flexibility index (Phi) is 6.01. The fourth-order valence-corrected chi connectivity index (χ4v) is 1.51. The molecular formula is C12H19N3O4. The number of methoxy groups -OCH3 is 1. The van der Waals surface area contributed by atoms with Crippen LogP contribution in [0, 0.1) is 6.92 Å². The summed E-state index contributed by atoms with van der Waals surface area (Å²) in [7, 11) is 1.57. The second-order valence-electron chi connectivity index (χ2n) is 4.06. The van der Waals surface area contributed by atoms with Crippen LogP contribution in [0.25, 0.3) is 0 Å². The third kappa shape index (κ3) is 5.09. The van der Waals surface area contributed by atoms with Gasteiger partial charge in [0.2, 0.25) is 11.8 Å². The van der Waals surface area contributed by atoms with Gasteiger partial charge in [0.05, 0.1) is 6.61 Å². The number of hydrogen-bond acceptors (Lipinski definition) is 5. The van der Waals surface area contributed by atoms with Crippen molar-refractivity contribution in [3.8, 4) is 0 Å². The van der Waals surface area contributed by atoms with Crippen LogP contribution in [0.4, 0.5) is 5.82 Å². The molecule has 7 heteroatoms. The number of carbonyl (C=O) groups is 2. The molecule has 1 heterocycles. The van der Waals surface area contributed by atoms with Crippen molar-refractivity contribution >= 4 is 17.6 Å². The fraction of sp³-hybridized carbons (Fsp3) is 0.583. The van der Waals surface area contributed by atoms with E-state index in [2.05, 4.69) is 10.5 Å². The minimum absolute atomic E-state index is 0.136. The van der Waals surface area contributed by atoms with Crippen LogP contribution in [0.15, 0.2) is 10.6 Å². The summed E-state index contributed by atoms with van der Waals surface area (Å²) in [6.07, 6.45) is 0.204. The van der Waals surface area contributed by atoms with Crippen molar-refractivity contribution < 1.29 is 18.8 Å². The first kappa shape index (κ1) is 15.2.